The number of hydrogen-bond donors (Lipinski definition) is 1. The van der Waals surface area contributed by atoms with E-state index in [9.17, 15) is 9.59 Å². The second-order valence-corrected chi connectivity index (χ2v) is 9.32. The quantitative estimate of drug-likeness (QED) is 0.410. The number of likely N-dealkylation sites (N-methyl/N-ethyl adjacent to an activating group) is 1. The number of carbonyl (C=O) groups is 2. The zero-order valence-electron chi connectivity index (χ0n) is 20.4. The number of aromatic carboxylic acids is 1. The standard InChI is InChI=1S/C28H26N2O5S/c1-17-6-5-7-18(2)25(17)29-28-30(3)26(31)24(36-28)15-20-10-13-22(23(14-20)34-4)35-16-19-8-11-21(12-9-19)27(32)33/h5-15H,16H2,1-4H3,(H,32,33)/b24-15-,29-28?. The molecule has 7 nitrogen and oxygen atoms in total. The summed E-state index contributed by atoms with van der Waals surface area (Å²) in [6.45, 7) is 4.27. The van der Waals surface area contributed by atoms with Crippen molar-refractivity contribution in [3.8, 4) is 11.5 Å². The fourth-order valence-electron chi connectivity index (χ4n) is 3.68. The number of hydrogen-bond acceptors (Lipinski definition) is 6. The molecule has 0 spiro atoms. The molecule has 1 amide bonds. The van der Waals surface area contributed by atoms with Crippen molar-refractivity contribution in [3.63, 3.8) is 0 Å². The average molecular weight is 503 g/mol. The van der Waals surface area contributed by atoms with E-state index in [1.165, 1.54) is 11.8 Å². The summed E-state index contributed by atoms with van der Waals surface area (Å²) in [5.74, 6) is -0.0155. The Balaban J connectivity index is 1.52. The second kappa shape index (κ2) is 10.7. The van der Waals surface area contributed by atoms with Crippen molar-refractivity contribution in [3.05, 3.63) is 93.4 Å². The van der Waals surface area contributed by atoms with Crippen molar-refractivity contribution in [2.24, 2.45) is 4.99 Å². The van der Waals surface area contributed by atoms with Gasteiger partial charge in [0.25, 0.3) is 5.91 Å². The molecule has 1 N–H and O–H groups in total. The van der Waals surface area contributed by atoms with Crippen LogP contribution >= 0.6 is 11.8 Å². The predicted octanol–water partition coefficient (Wildman–Crippen LogP) is 5.82. The molecule has 0 radical (unpaired) electrons. The van der Waals surface area contributed by atoms with Gasteiger partial charge in [-0.15, -0.1) is 0 Å². The Bertz CT molecular complexity index is 1360. The van der Waals surface area contributed by atoms with E-state index in [0.717, 1.165) is 27.9 Å². The third kappa shape index (κ3) is 5.44. The lowest BCUT2D eigenvalue weighted by molar-refractivity contribution is -0.121. The van der Waals surface area contributed by atoms with E-state index in [1.807, 2.05) is 50.3 Å². The molecule has 1 aliphatic rings. The zero-order valence-corrected chi connectivity index (χ0v) is 21.3. The molecule has 0 aromatic heterocycles. The van der Waals surface area contributed by atoms with Crippen LogP contribution in [-0.2, 0) is 11.4 Å². The smallest absolute Gasteiger partial charge is 0.335 e. The third-order valence-electron chi connectivity index (χ3n) is 5.73. The molecule has 0 unspecified atom stereocenters. The first-order chi connectivity index (χ1) is 17.3. The van der Waals surface area contributed by atoms with Gasteiger partial charge < -0.3 is 14.6 Å². The second-order valence-electron chi connectivity index (χ2n) is 8.31. The monoisotopic (exact) mass is 502 g/mol. The van der Waals surface area contributed by atoms with E-state index in [1.54, 1.807) is 49.4 Å². The molecule has 0 atom stereocenters. The van der Waals surface area contributed by atoms with Gasteiger partial charge in [0.05, 0.1) is 23.3 Å². The Morgan fingerprint density at radius 1 is 1.06 bits per heavy atom. The number of amides is 1. The van der Waals surface area contributed by atoms with Gasteiger partial charge in [-0.05, 0) is 78.2 Å². The summed E-state index contributed by atoms with van der Waals surface area (Å²) in [6.07, 6.45) is 1.81. The van der Waals surface area contributed by atoms with Crippen molar-refractivity contribution in [1.29, 1.82) is 0 Å². The SMILES string of the molecule is COc1cc(/C=C2\SC(=Nc3c(C)cccc3C)N(C)C2=O)ccc1OCc1ccc(C(=O)O)cc1. The number of thioether (sulfide) groups is 1. The number of para-hydroxylation sites is 1. The van der Waals surface area contributed by atoms with Crippen LogP contribution < -0.4 is 9.47 Å². The van der Waals surface area contributed by atoms with E-state index in [0.29, 0.717) is 21.6 Å². The summed E-state index contributed by atoms with van der Waals surface area (Å²) >= 11 is 1.34. The van der Waals surface area contributed by atoms with Crippen molar-refractivity contribution in [2.45, 2.75) is 20.5 Å². The van der Waals surface area contributed by atoms with Crippen molar-refractivity contribution in [2.75, 3.05) is 14.2 Å². The van der Waals surface area contributed by atoms with Crippen LogP contribution in [0.15, 0.2) is 70.6 Å². The van der Waals surface area contributed by atoms with Crippen LogP contribution in [0.25, 0.3) is 6.08 Å². The highest BCUT2D eigenvalue weighted by Crippen LogP contribution is 2.36. The number of aliphatic imine (C=N–C) groups is 1. The van der Waals surface area contributed by atoms with Crippen molar-refractivity contribution < 1.29 is 24.2 Å². The topological polar surface area (TPSA) is 88.4 Å². The lowest BCUT2D eigenvalue weighted by atomic mass is 10.1. The summed E-state index contributed by atoms with van der Waals surface area (Å²) in [5, 5.41) is 9.66. The number of carbonyl (C=O) groups excluding carboxylic acids is 1. The van der Waals surface area contributed by atoms with Crippen LogP contribution in [0.3, 0.4) is 0 Å². The predicted molar refractivity (Wildman–Crippen MR) is 142 cm³/mol. The maximum Gasteiger partial charge on any atom is 0.335 e. The van der Waals surface area contributed by atoms with Gasteiger partial charge in [-0.25, -0.2) is 9.79 Å². The first kappa shape index (κ1) is 25.1. The molecule has 0 saturated carbocycles. The van der Waals surface area contributed by atoms with E-state index >= 15 is 0 Å². The Kier molecular flexibility index (Phi) is 7.45. The Hall–Kier alpha value is -4.04. The molecule has 1 aliphatic heterocycles. The van der Waals surface area contributed by atoms with Crippen molar-refractivity contribution >= 4 is 40.6 Å². The lowest BCUT2D eigenvalue weighted by Gasteiger charge is -2.12. The maximum atomic E-state index is 12.9. The minimum absolute atomic E-state index is 0.117. The molecule has 0 bridgehead atoms. The van der Waals surface area contributed by atoms with Gasteiger partial charge in [-0.1, -0.05) is 36.4 Å². The largest absolute Gasteiger partial charge is 0.493 e. The fourth-order valence-corrected chi connectivity index (χ4v) is 4.65. The maximum absolute atomic E-state index is 12.9. The first-order valence-corrected chi connectivity index (χ1v) is 12.0. The third-order valence-corrected chi connectivity index (χ3v) is 6.79. The number of benzene rings is 3. The van der Waals surface area contributed by atoms with Crippen LogP contribution in [0, 0.1) is 13.8 Å². The van der Waals surface area contributed by atoms with E-state index in [2.05, 4.69) is 0 Å². The number of carboxylic acid groups (broad SMARTS) is 1. The number of carboxylic acids is 1. The summed E-state index contributed by atoms with van der Waals surface area (Å²) in [6, 6.07) is 18.0. The first-order valence-electron chi connectivity index (χ1n) is 11.2. The van der Waals surface area contributed by atoms with Crippen LogP contribution in [0.4, 0.5) is 5.69 Å². The normalized spacial score (nSPS) is 15.6. The number of nitrogens with zero attached hydrogens (tertiary/aromatic N) is 2. The molecule has 8 heteroatoms. The molecule has 0 aliphatic carbocycles. The molecule has 1 saturated heterocycles. The van der Waals surface area contributed by atoms with Gasteiger partial charge in [0.1, 0.15) is 6.61 Å². The van der Waals surface area contributed by atoms with Gasteiger partial charge in [0, 0.05) is 7.05 Å². The summed E-state index contributed by atoms with van der Waals surface area (Å²) in [7, 11) is 3.28. The number of aryl methyl sites for hydroxylation is 2. The highest BCUT2D eigenvalue weighted by molar-refractivity contribution is 8.18. The molecule has 184 valence electrons. The van der Waals surface area contributed by atoms with E-state index < -0.39 is 5.97 Å². The van der Waals surface area contributed by atoms with Gasteiger partial charge in [0.2, 0.25) is 0 Å². The number of amidine groups is 1. The van der Waals surface area contributed by atoms with E-state index in [4.69, 9.17) is 19.6 Å². The highest BCUT2D eigenvalue weighted by atomic mass is 32.2. The molecule has 3 aromatic carbocycles. The summed E-state index contributed by atoms with van der Waals surface area (Å²) in [4.78, 5) is 30.8. The number of rotatable bonds is 7. The highest BCUT2D eigenvalue weighted by Gasteiger charge is 2.30. The van der Waals surface area contributed by atoms with Gasteiger partial charge in [-0.3, -0.25) is 9.69 Å². The number of methoxy groups -OCH3 is 1. The zero-order chi connectivity index (χ0) is 25.8. The van der Waals surface area contributed by atoms with Crippen LogP contribution in [-0.4, -0.2) is 41.2 Å². The van der Waals surface area contributed by atoms with E-state index in [-0.39, 0.29) is 18.1 Å². The molecule has 1 heterocycles. The summed E-state index contributed by atoms with van der Waals surface area (Å²) < 4.78 is 11.4. The van der Waals surface area contributed by atoms with Gasteiger partial charge in [0.15, 0.2) is 16.7 Å². The Morgan fingerprint density at radius 3 is 2.39 bits per heavy atom. The van der Waals surface area contributed by atoms with Crippen LogP contribution in [0.1, 0.15) is 32.6 Å². The molecule has 4 rings (SSSR count). The van der Waals surface area contributed by atoms with Crippen molar-refractivity contribution in [1.82, 2.24) is 4.90 Å². The molecular weight excluding hydrogens is 476 g/mol. The van der Waals surface area contributed by atoms with Gasteiger partial charge >= 0.3 is 5.97 Å². The fraction of sp³-hybridized carbons (Fsp3) is 0.179. The molecular formula is C28H26N2O5S. The molecule has 36 heavy (non-hydrogen) atoms. The molecule has 1 fully saturated rings. The summed E-state index contributed by atoms with van der Waals surface area (Å²) in [5.41, 5.74) is 4.84. The Labute approximate surface area is 214 Å². The minimum atomic E-state index is -0.970. The van der Waals surface area contributed by atoms with Gasteiger partial charge in [-0.2, -0.15) is 0 Å². The lowest BCUT2D eigenvalue weighted by Crippen LogP contribution is -2.23. The number of ether oxygens (including phenoxy) is 2. The average Bonchev–Trinajstić information content (AvgIpc) is 3.13. The van der Waals surface area contributed by atoms with Crippen LogP contribution in [0.5, 0.6) is 11.5 Å². The Morgan fingerprint density at radius 2 is 1.75 bits per heavy atom. The van der Waals surface area contributed by atoms with Crippen LogP contribution in [0.2, 0.25) is 0 Å². The minimum Gasteiger partial charge on any atom is -0.493 e. The molecule has 3 aromatic rings.